The van der Waals surface area contributed by atoms with Crippen molar-refractivity contribution in [2.45, 2.75) is 30.9 Å². The number of ether oxygens (including phenoxy) is 1. The molecule has 2 aliphatic carbocycles. The van der Waals surface area contributed by atoms with Crippen LogP contribution in [0.5, 0.6) is 0 Å². The molecule has 9 nitrogen and oxygen atoms in total. The zero-order valence-electron chi connectivity index (χ0n) is 19.8. The SMILES string of the molecule is CN1CCN(CC(=O)NC2(c3nnc(-c4ccccc4)s3)CC(C(N)=O)=CC=C2OC2CC2)CC1. The number of nitrogens with zero attached hydrogens (tertiary/aromatic N) is 4. The molecule has 2 heterocycles. The lowest BCUT2D eigenvalue weighted by Gasteiger charge is -2.38. The molecule has 3 aliphatic rings. The van der Waals surface area contributed by atoms with Crippen molar-refractivity contribution in [1.82, 2.24) is 25.3 Å². The second kappa shape index (κ2) is 9.88. The van der Waals surface area contributed by atoms with Gasteiger partial charge in [-0.15, -0.1) is 10.2 Å². The van der Waals surface area contributed by atoms with Crippen molar-refractivity contribution in [3.63, 3.8) is 0 Å². The predicted molar refractivity (Wildman–Crippen MR) is 133 cm³/mol. The van der Waals surface area contributed by atoms with Gasteiger partial charge in [0.25, 0.3) is 0 Å². The van der Waals surface area contributed by atoms with Gasteiger partial charge in [0, 0.05) is 43.7 Å². The first kappa shape index (κ1) is 23.7. The van der Waals surface area contributed by atoms with Crippen molar-refractivity contribution >= 4 is 23.2 Å². The number of likely N-dealkylation sites (N-methyl/N-ethyl adjacent to an activating group) is 1. The largest absolute Gasteiger partial charge is 0.492 e. The van der Waals surface area contributed by atoms with Gasteiger partial charge in [0.2, 0.25) is 11.8 Å². The Kier molecular flexibility index (Phi) is 6.68. The molecule has 1 aromatic heterocycles. The highest BCUT2D eigenvalue weighted by Crippen LogP contribution is 2.44. The summed E-state index contributed by atoms with van der Waals surface area (Å²) in [5, 5.41) is 13.4. The van der Waals surface area contributed by atoms with Gasteiger partial charge in [-0.05, 0) is 26.0 Å². The third kappa shape index (κ3) is 5.29. The molecule has 0 radical (unpaired) electrons. The topological polar surface area (TPSA) is 114 Å². The van der Waals surface area contributed by atoms with E-state index < -0.39 is 11.4 Å². The summed E-state index contributed by atoms with van der Waals surface area (Å²) < 4.78 is 6.29. The molecule has 0 spiro atoms. The molecule has 0 bridgehead atoms. The first-order valence-corrected chi connectivity index (χ1v) is 12.7. The van der Waals surface area contributed by atoms with E-state index in [-0.39, 0.29) is 25.0 Å². The summed E-state index contributed by atoms with van der Waals surface area (Å²) in [6.45, 7) is 3.73. The van der Waals surface area contributed by atoms with Crippen molar-refractivity contribution in [1.29, 1.82) is 0 Å². The van der Waals surface area contributed by atoms with Crippen LogP contribution in [-0.4, -0.2) is 77.7 Å². The molecule has 2 amide bonds. The molecule has 10 heteroatoms. The molecule has 1 aliphatic heterocycles. The molecular weight excluding hydrogens is 464 g/mol. The number of rotatable bonds is 8. The van der Waals surface area contributed by atoms with E-state index in [1.54, 1.807) is 12.2 Å². The highest BCUT2D eigenvalue weighted by Gasteiger charge is 2.47. The highest BCUT2D eigenvalue weighted by molar-refractivity contribution is 7.14. The molecule has 1 saturated carbocycles. The number of carbonyl (C=O) groups is 2. The molecular formula is C25H30N6O3S. The lowest BCUT2D eigenvalue weighted by atomic mass is 9.84. The summed E-state index contributed by atoms with van der Waals surface area (Å²) in [6, 6.07) is 9.77. The maximum atomic E-state index is 13.4. The smallest absolute Gasteiger partial charge is 0.244 e. The highest BCUT2D eigenvalue weighted by atomic mass is 32.1. The quantitative estimate of drug-likeness (QED) is 0.574. The van der Waals surface area contributed by atoms with Gasteiger partial charge in [0.15, 0.2) is 10.5 Å². The summed E-state index contributed by atoms with van der Waals surface area (Å²) in [5.41, 5.74) is 5.88. The van der Waals surface area contributed by atoms with Gasteiger partial charge in [-0.1, -0.05) is 47.7 Å². The van der Waals surface area contributed by atoms with Crippen molar-refractivity contribution in [2.24, 2.45) is 5.73 Å². The lowest BCUT2D eigenvalue weighted by molar-refractivity contribution is -0.125. The fraction of sp³-hybridized carbons (Fsp3) is 0.440. The molecule has 184 valence electrons. The zero-order valence-corrected chi connectivity index (χ0v) is 20.6. The molecule has 5 rings (SSSR count). The maximum Gasteiger partial charge on any atom is 0.244 e. The minimum Gasteiger partial charge on any atom is -0.492 e. The molecule has 2 fully saturated rings. The summed E-state index contributed by atoms with van der Waals surface area (Å²) in [6.07, 6.45) is 5.62. The van der Waals surface area contributed by atoms with E-state index in [1.807, 2.05) is 30.3 Å². The van der Waals surface area contributed by atoms with Crippen LogP contribution in [0.25, 0.3) is 10.6 Å². The van der Waals surface area contributed by atoms with Crippen LogP contribution in [0.15, 0.2) is 53.8 Å². The second-order valence-corrected chi connectivity index (χ2v) is 10.4. The van der Waals surface area contributed by atoms with Gasteiger partial charge in [-0.2, -0.15) is 0 Å². The second-order valence-electron chi connectivity index (χ2n) is 9.39. The van der Waals surface area contributed by atoms with Crippen LogP contribution in [-0.2, 0) is 19.9 Å². The Morgan fingerprint density at radius 3 is 2.57 bits per heavy atom. The summed E-state index contributed by atoms with van der Waals surface area (Å²) >= 11 is 1.39. The summed E-state index contributed by atoms with van der Waals surface area (Å²) in [5.74, 6) is -0.105. The molecule has 1 unspecified atom stereocenters. The van der Waals surface area contributed by atoms with Crippen LogP contribution >= 0.6 is 11.3 Å². The number of aromatic nitrogens is 2. The molecule has 3 N–H and O–H groups in total. The monoisotopic (exact) mass is 494 g/mol. The number of hydrogen-bond donors (Lipinski definition) is 2. The van der Waals surface area contributed by atoms with Crippen molar-refractivity contribution in [2.75, 3.05) is 39.8 Å². The van der Waals surface area contributed by atoms with Gasteiger partial charge in [-0.3, -0.25) is 14.5 Å². The average Bonchev–Trinajstić information content (AvgIpc) is 3.53. The Bertz CT molecular complexity index is 1150. The number of primary amides is 1. The van der Waals surface area contributed by atoms with E-state index in [9.17, 15) is 9.59 Å². The number of carbonyl (C=O) groups excluding carboxylic acids is 2. The Hall–Kier alpha value is -3.08. The number of nitrogens with two attached hydrogens (primary N) is 1. The zero-order chi connectivity index (χ0) is 24.4. The Labute approximate surface area is 208 Å². The van der Waals surface area contributed by atoms with Crippen LogP contribution in [0.1, 0.15) is 24.3 Å². The predicted octanol–water partition coefficient (Wildman–Crippen LogP) is 1.64. The molecule has 35 heavy (non-hydrogen) atoms. The minimum atomic E-state index is -1.14. The Balaban J connectivity index is 1.49. The van der Waals surface area contributed by atoms with Gasteiger partial charge in [0.05, 0.1) is 12.6 Å². The van der Waals surface area contributed by atoms with Gasteiger partial charge < -0.3 is 20.7 Å². The summed E-state index contributed by atoms with van der Waals surface area (Å²) in [7, 11) is 2.08. The molecule has 1 atom stereocenters. The Morgan fingerprint density at radius 1 is 1.14 bits per heavy atom. The average molecular weight is 495 g/mol. The van der Waals surface area contributed by atoms with Gasteiger partial charge >= 0.3 is 0 Å². The number of allylic oxidation sites excluding steroid dienone is 2. The van der Waals surface area contributed by atoms with Crippen LogP contribution in [0, 0.1) is 0 Å². The number of benzene rings is 1. The van der Waals surface area contributed by atoms with Crippen LogP contribution in [0.3, 0.4) is 0 Å². The lowest BCUT2D eigenvalue weighted by Crippen LogP contribution is -2.54. The fourth-order valence-electron chi connectivity index (χ4n) is 4.34. The third-order valence-corrected chi connectivity index (χ3v) is 7.71. The van der Waals surface area contributed by atoms with Crippen LogP contribution in [0.4, 0.5) is 0 Å². The van der Waals surface area contributed by atoms with E-state index in [0.717, 1.165) is 49.6 Å². The standard InChI is InChI=1S/C25H30N6O3S/c1-30-11-13-31(14-12-30)16-21(32)27-25(24-29-28-23(35-24)17-5-3-2-4-6-17)15-18(22(26)33)7-10-20(25)34-19-8-9-19/h2-7,10,19H,8-9,11-16H2,1H3,(H2,26,33)(H,27,32). The summed E-state index contributed by atoms with van der Waals surface area (Å²) in [4.78, 5) is 30.0. The van der Waals surface area contributed by atoms with Crippen LogP contribution in [0.2, 0.25) is 0 Å². The molecule has 1 aromatic carbocycles. The molecule has 1 saturated heterocycles. The van der Waals surface area contributed by atoms with Crippen LogP contribution < -0.4 is 11.1 Å². The van der Waals surface area contributed by atoms with Crippen molar-refractivity contribution in [3.8, 4) is 10.6 Å². The van der Waals surface area contributed by atoms with Gasteiger partial charge in [0.1, 0.15) is 10.8 Å². The first-order chi connectivity index (χ1) is 16.9. The maximum absolute atomic E-state index is 13.4. The van der Waals surface area contributed by atoms with E-state index in [2.05, 4.69) is 32.4 Å². The first-order valence-electron chi connectivity index (χ1n) is 11.9. The number of amides is 2. The third-order valence-electron chi connectivity index (χ3n) is 6.57. The van der Waals surface area contributed by atoms with Crippen molar-refractivity contribution in [3.05, 3.63) is 58.8 Å². The number of piperazine rings is 1. The van der Waals surface area contributed by atoms with E-state index in [1.165, 1.54) is 11.3 Å². The normalized spacial score (nSPS) is 23.3. The van der Waals surface area contributed by atoms with Crippen molar-refractivity contribution < 1.29 is 14.3 Å². The van der Waals surface area contributed by atoms with Gasteiger partial charge in [-0.25, -0.2) is 0 Å². The molecule has 2 aromatic rings. The van der Waals surface area contributed by atoms with E-state index >= 15 is 0 Å². The minimum absolute atomic E-state index is 0.0974. The fourth-order valence-corrected chi connectivity index (χ4v) is 5.34. The Morgan fingerprint density at radius 2 is 1.89 bits per heavy atom. The number of nitrogens with one attached hydrogen (secondary N) is 1. The van der Waals surface area contributed by atoms with E-state index in [0.29, 0.717) is 16.3 Å². The van der Waals surface area contributed by atoms with E-state index in [4.69, 9.17) is 10.5 Å². The number of hydrogen-bond acceptors (Lipinski definition) is 8.